The van der Waals surface area contributed by atoms with Gasteiger partial charge in [-0.1, -0.05) is 17.7 Å². The third-order valence-electron chi connectivity index (χ3n) is 3.54. The number of hydrogen-bond donors (Lipinski definition) is 1. The van der Waals surface area contributed by atoms with Gasteiger partial charge in [-0.15, -0.1) is 0 Å². The fraction of sp³-hybridized carbons (Fsp3) is 0.294. The van der Waals surface area contributed by atoms with Gasteiger partial charge >= 0.3 is 0 Å². The zero-order valence-corrected chi connectivity index (χ0v) is 13.5. The van der Waals surface area contributed by atoms with Crippen LogP contribution in [0.2, 0.25) is 5.02 Å². The Morgan fingerprint density at radius 2 is 1.62 bits per heavy atom. The van der Waals surface area contributed by atoms with Crippen LogP contribution in [0.25, 0.3) is 0 Å². The maximum atomic E-state index is 6.05. The van der Waals surface area contributed by atoms with Crippen molar-refractivity contribution >= 4 is 11.6 Å². The number of methoxy groups -OCH3 is 2. The van der Waals surface area contributed by atoms with E-state index in [0.717, 1.165) is 27.6 Å². The Labute approximate surface area is 130 Å². The van der Waals surface area contributed by atoms with Gasteiger partial charge in [0.1, 0.15) is 11.5 Å². The predicted octanol–water partition coefficient (Wildman–Crippen LogP) is 3.97. The van der Waals surface area contributed by atoms with Crippen LogP contribution in [-0.4, -0.2) is 21.3 Å². The van der Waals surface area contributed by atoms with E-state index in [9.17, 15) is 0 Å². The molecule has 0 aliphatic carbocycles. The van der Waals surface area contributed by atoms with E-state index in [4.69, 9.17) is 21.1 Å². The lowest BCUT2D eigenvalue weighted by Crippen LogP contribution is -2.18. The normalized spacial score (nSPS) is 12.0. The van der Waals surface area contributed by atoms with Crippen LogP contribution in [0, 0.1) is 6.92 Å². The molecule has 0 aromatic heterocycles. The average molecular weight is 306 g/mol. The molecule has 0 radical (unpaired) electrons. The van der Waals surface area contributed by atoms with Gasteiger partial charge in [0, 0.05) is 11.1 Å². The first kappa shape index (κ1) is 15.7. The zero-order valence-electron chi connectivity index (χ0n) is 12.7. The largest absolute Gasteiger partial charge is 0.497 e. The lowest BCUT2D eigenvalue weighted by atomic mass is 9.95. The van der Waals surface area contributed by atoms with Crippen molar-refractivity contribution in [1.29, 1.82) is 0 Å². The first-order chi connectivity index (χ1) is 10.1. The second kappa shape index (κ2) is 6.83. The molecule has 0 saturated heterocycles. The van der Waals surface area contributed by atoms with Crippen molar-refractivity contribution in [3.8, 4) is 11.5 Å². The van der Waals surface area contributed by atoms with Gasteiger partial charge in [0.2, 0.25) is 0 Å². The second-order valence-electron chi connectivity index (χ2n) is 4.87. The number of rotatable bonds is 5. The maximum absolute atomic E-state index is 6.05. The summed E-state index contributed by atoms with van der Waals surface area (Å²) in [6.07, 6.45) is 0. The first-order valence-corrected chi connectivity index (χ1v) is 7.13. The molecule has 1 atom stereocenters. The number of nitrogens with one attached hydrogen (secondary N) is 1. The smallest absolute Gasteiger partial charge is 0.122 e. The van der Waals surface area contributed by atoms with E-state index in [1.807, 2.05) is 43.4 Å². The minimum absolute atomic E-state index is 0.0475. The van der Waals surface area contributed by atoms with Crippen LogP contribution < -0.4 is 14.8 Å². The van der Waals surface area contributed by atoms with Crippen molar-refractivity contribution in [2.45, 2.75) is 13.0 Å². The summed E-state index contributed by atoms with van der Waals surface area (Å²) < 4.78 is 10.7. The molecule has 0 spiro atoms. The van der Waals surface area contributed by atoms with Crippen molar-refractivity contribution in [3.63, 3.8) is 0 Å². The highest BCUT2D eigenvalue weighted by molar-refractivity contribution is 6.30. The van der Waals surface area contributed by atoms with Gasteiger partial charge in [0.15, 0.2) is 0 Å². The molecule has 3 nitrogen and oxygen atoms in total. The quantitative estimate of drug-likeness (QED) is 0.906. The minimum atomic E-state index is 0.0475. The van der Waals surface area contributed by atoms with Gasteiger partial charge in [-0.3, -0.25) is 0 Å². The van der Waals surface area contributed by atoms with Crippen LogP contribution in [0.5, 0.6) is 11.5 Å². The van der Waals surface area contributed by atoms with Crippen molar-refractivity contribution in [2.75, 3.05) is 21.3 Å². The predicted molar refractivity (Wildman–Crippen MR) is 86.6 cm³/mol. The van der Waals surface area contributed by atoms with Crippen molar-refractivity contribution in [1.82, 2.24) is 5.32 Å². The summed E-state index contributed by atoms with van der Waals surface area (Å²) in [6, 6.07) is 11.9. The number of hydrogen-bond acceptors (Lipinski definition) is 3. The molecule has 0 aliphatic rings. The van der Waals surface area contributed by atoms with Crippen molar-refractivity contribution in [3.05, 3.63) is 58.1 Å². The molecule has 0 fully saturated rings. The first-order valence-electron chi connectivity index (χ1n) is 6.75. The summed E-state index contributed by atoms with van der Waals surface area (Å²) in [7, 11) is 5.24. The van der Waals surface area contributed by atoms with Crippen molar-refractivity contribution in [2.24, 2.45) is 0 Å². The third kappa shape index (κ3) is 3.49. The van der Waals surface area contributed by atoms with E-state index in [1.165, 1.54) is 5.56 Å². The van der Waals surface area contributed by atoms with Gasteiger partial charge in [-0.05, 0) is 54.9 Å². The molecular formula is C17H20ClNO2. The van der Waals surface area contributed by atoms with E-state index in [2.05, 4.69) is 12.2 Å². The summed E-state index contributed by atoms with van der Waals surface area (Å²) in [5.74, 6) is 1.55. The van der Waals surface area contributed by atoms with E-state index in [1.54, 1.807) is 14.2 Å². The Bertz CT molecular complexity index is 606. The molecule has 0 amide bonds. The Hall–Kier alpha value is -1.71. The van der Waals surface area contributed by atoms with Crippen LogP contribution in [-0.2, 0) is 0 Å². The van der Waals surface area contributed by atoms with E-state index in [0.29, 0.717) is 0 Å². The highest BCUT2D eigenvalue weighted by atomic mass is 35.5. The molecule has 0 aliphatic heterocycles. The summed E-state index contributed by atoms with van der Waals surface area (Å²) in [5.41, 5.74) is 3.40. The molecule has 2 rings (SSSR count). The number of halogens is 1. The topological polar surface area (TPSA) is 30.5 Å². The molecule has 21 heavy (non-hydrogen) atoms. The van der Waals surface area contributed by atoms with Crippen LogP contribution in [0.4, 0.5) is 0 Å². The Kier molecular flexibility index (Phi) is 5.10. The monoisotopic (exact) mass is 305 g/mol. The van der Waals surface area contributed by atoms with Crippen LogP contribution in [0.1, 0.15) is 22.7 Å². The molecule has 0 heterocycles. The fourth-order valence-electron chi connectivity index (χ4n) is 2.46. The van der Waals surface area contributed by atoms with Gasteiger partial charge in [0.25, 0.3) is 0 Å². The zero-order chi connectivity index (χ0) is 15.4. The minimum Gasteiger partial charge on any atom is -0.497 e. The second-order valence-corrected chi connectivity index (χ2v) is 5.31. The Balaban J connectivity index is 2.50. The number of aryl methyl sites for hydroxylation is 1. The van der Waals surface area contributed by atoms with Gasteiger partial charge in [-0.25, -0.2) is 0 Å². The lowest BCUT2D eigenvalue weighted by Gasteiger charge is -2.21. The highest BCUT2D eigenvalue weighted by Crippen LogP contribution is 2.31. The molecule has 112 valence electrons. The molecule has 0 bridgehead atoms. The molecule has 2 aromatic carbocycles. The molecular weight excluding hydrogens is 286 g/mol. The highest BCUT2D eigenvalue weighted by Gasteiger charge is 2.16. The molecule has 0 saturated carbocycles. The lowest BCUT2D eigenvalue weighted by molar-refractivity contribution is 0.392. The van der Waals surface area contributed by atoms with E-state index in [-0.39, 0.29) is 6.04 Å². The summed E-state index contributed by atoms with van der Waals surface area (Å²) in [5, 5.41) is 4.09. The SMILES string of the molecule is CNC(c1cc(OC)cc(OC)c1)c1ccc(Cl)cc1C. The molecule has 1 N–H and O–H groups in total. The molecule has 2 aromatic rings. The standard InChI is InChI=1S/C17H20ClNO2/c1-11-7-13(18)5-6-16(11)17(19-2)12-8-14(20-3)10-15(9-12)21-4/h5-10,17,19H,1-4H3. The van der Waals surface area contributed by atoms with Gasteiger partial charge in [0.05, 0.1) is 20.3 Å². The van der Waals surface area contributed by atoms with E-state index < -0.39 is 0 Å². The van der Waals surface area contributed by atoms with Crippen LogP contribution in [0.15, 0.2) is 36.4 Å². The van der Waals surface area contributed by atoms with Gasteiger partial charge in [-0.2, -0.15) is 0 Å². The average Bonchev–Trinajstić information content (AvgIpc) is 2.49. The number of ether oxygens (including phenoxy) is 2. The third-order valence-corrected chi connectivity index (χ3v) is 3.77. The fourth-order valence-corrected chi connectivity index (χ4v) is 2.69. The number of benzene rings is 2. The molecule has 4 heteroatoms. The summed E-state index contributed by atoms with van der Waals surface area (Å²) >= 11 is 6.05. The summed E-state index contributed by atoms with van der Waals surface area (Å²) in [4.78, 5) is 0. The Morgan fingerprint density at radius 1 is 1.00 bits per heavy atom. The van der Waals surface area contributed by atoms with Crippen molar-refractivity contribution < 1.29 is 9.47 Å². The summed E-state index contributed by atoms with van der Waals surface area (Å²) in [6.45, 7) is 2.06. The Morgan fingerprint density at radius 3 is 2.10 bits per heavy atom. The maximum Gasteiger partial charge on any atom is 0.122 e. The van der Waals surface area contributed by atoms with Crippen LogP contribution >= 0.6 is 11.6 Å². The van der Waals surface area contributed by atoms with E-state index >= 15 is 0 Å². The van der Waals surface area contributed by atoms with Gasteiger partial charge < -0.3 is 14.8 Å². The molecule has 1 unspecified atom stereocenters. The van der Waals surface area contributed by atoms with Crippen LogP contribution in [0.3, 0.4) is 0 Å².